The van der Waals surface area contributed by atoms with E-state index in [9.17, 15) is 9.59 Å². The van der Waals surface area contributed by atoms with Crippen LogP contribution in [0.2, 0.25) is 0 Å². The van der Waals surface area contributed by atoms with Crippen LogP contribution in [0, 0.1) is 6.92 Å². The Kier molecular flexibility index (Phi) is 5.27. The van der Waals surface area contributed by atoms with Crippen LogP contribution in [0.1, 0.15) is 31.9 Å². The third-order valence-corrected chi connectivity index (χ3v) is 2.45. The Balaban J connectivity index is 2.51. The number of nitrogens with two attached hydrogens (primary N) is 1. The molecule has 0 spiro atoms. The number of hydrogen-bond donors (Lipinski definition) is 1. The number of benzene rings is 1. The summed E-state index contributed by atoms with van der Waals surface area (Å²) in [6.07, 6.45) is -0.719. The van der Waals surface area contributed by atoms with Crippen molar-refractivity contribution in [2.45, 2.75) is 45.8 Å². The van der Waals surface area contributed by atoms with E-state index in [0.29, 0.717) is 6.42 Å². The summed E-state index contributed by atoms with van der Waals surface area (Å²) in [5.74, 6) is -0.792. The van der Waals surface area contributed by atoms with Gasteiger partial charge >= 0.3 is 12.1 Å². The maximum atomic E-state index is 11.7. The van der Waals surface area contributed by atoms with Gasteiger partial charge in [0, 0.05) is 0 Å². The number of rotatable bonds is 3. The molecule has 20 heavy (non-hydrogen) atoms. The summed E-state index contributed by atoms with van der Waals surface area (Å²) in [6.45, 7) is 7.03. The fraction of sp³-hybridized carbons (Fsp3) is 0.467. The summed E-state index contributed by atoms with van der Waals surface area (Å²) < 4.78 is 9.45. The highest BCUT2D eigenvalue weighted by Crippen LogP contribution is 2.10. The molecular formula is C15H21NO4. The van der Waals surface area contributed by atoms with E-state index in [1.165, 1.54) is 0 Å². The first kappa shape index (κ1) is 16.2. The lowest BCUT2D eigenvalue weighted by atomic mass is 10.1. The van der Waals surface area contributed by atoms with Crippen LogP contribution < -0.4 is 5.73 Å². The maximum absolute atomic E-state index is 11.7. The summed E-state index contributed by atoms with van der Waals surface area (Å²) in [4.78, 5) is 23.0. The van der Waals surface area contributed by atoms with Crippen LogP contribution in [-0.2, 0) is 20.7 Å². The molecule has 0 amide bonds. The summed E-state index contributed by atoms with van der Waals surface area (Å²) >= 11 is 0. The minimum absolute atomic E-state index is 0.307. The summed E-state index contributed by atoms with van der Waals surface area (Å²) in [5, 5.41) is 0. The van der Waals surface area contributed by atoms with Crippen LogP contribution in [0.25, 0.3) is 0 Å². The molecule has 0 heterocycles. The van der Waals surface area contributed by atoms with Crippen molar-refractivity contribution in [2.75, 3.05) is 0 Å². The monoisotopic (exact) mass is 279 g/mol. The zero-order valence-corrected chi connectivity index (χ0v) is 12.3. The third kappa shape index (κ3) is 5.84. The normalized spacial score (nSPS) is 12.7. The van der Waals surface area contributed by atoms with Gasteiger partial charge in [-0.15, -0.1) is 0 Å². The summed E-state index contributed by atoms with van der Waals surface area (Å²) in [5.41, 5.74) is 7.04. The molecule has 0 saturated heterocycles. The first-order chi connectivity index (χ1) is 9.17. The molecule has 1 aromatic carbocycles. The SMILES string of the molecule is Cc1ccc(C[C@H](N)C(=O)OC(=O)OC(C)(C)C)cc1. The molecule has 1 atom stereocenters. The van der Waals surface area contributed by atoms with Crippen molar-refractivity contribution in [3.8, 4) is 0 Å². The van der Waals surface area contributed by atoms with Crippen LogP contribution in [0.15, 0.2) is 24.3 Å². The van der Waals surface area contributed by atoms with Gasteiger partial charge in [0.2, 0.25) is 0 Å². The van der Waals surface area contributed by atoms with Gasteiger partial charge in [-0.25, -0.2) is 9.59 Å². The van der Waals surface area contributed by atoms with Gasteiger partial charge in [0.25, 0.3) is 0 Å². The van der Waals surface area contributed by atoms with E-state index in [2.05, 4.69) is 4.74 Å². The molecule has 110 valence electrons. The minimum atomic E-state index is -1.03. The molecule has 0 aliphatic carbocycles. The molecule has 0 radical (unpaired) electrons. The molecule has 2 N–H and O–H groups in total. The van der Waals surface area contributed by atoms with Gasteiger partial charge in [-0.1, -0.05) is 29.8 Å². The molecule has 0 fully saturated rings. The van der Waals surface area contributed by atoms with Crippen molar-refractivity contribution >= 4 is 12.1 Å². The number of ether oxygens (including phenoxy) is 2. The smallest absolute Gasteiger partial charge is 0.428 e. The Bertz CT molecular complexity index is 474. The lowest BCUT2D eigenvalue weighted by molar-refractivity contribution is -0.142. The van der Waals surface area contributed by atoms with E-state index < -0.39 is 23.8 Å². The van der Waals surface area contributed by atoms with Crippen molar-refractivity contribution < 1.29 is 19.1 Å². The molecule has 0 unspecified atom stereocenters. The average molecular weight is 279 g/mol. The Hall–Kier alpha value is -1.88. The topological polar surface area (TPSA) is 78.6 Å². The molecule has 0 saturated carbocycles. The van der Waals surface area contributed by atoms with Crippen molar-refractivity contribution in [3.05, 3.63) is 35.4 Å². The fourth-order valence-corrected chi connectivity index (χ4v) is 1.49. The molecular weight excluding hydrogens is 258 g/mol. The Morgan fingerprint density at radius 2 is 1.75 bits per heavy atom. The van der Waals surface area contributed by atoms with Crippen LogP contribution >= 0.6 is 0 Å². The second kappa shape index (κ2) is 6.52. The van der Waals surface area contributed by atoms with Crippen LogP contribution in [-0.4, -0.2) is 23.8 Å². The lowest BCUT2D eigenvalue weighted by Gasteiger charge is -2.19. The van der Waals surface area contributed by atoms with Crippen molar-refractivity contribution in [1.82, 2.24) is 0 Å². The summed E-state index contributed by atoms with van der Waals surface area (Å²) in [6, 6.07) is 6.74. The summed E-state index contributed by atoms with van der Waals surface area (Å²) in [7, 11) is 0. The number of carbonyl (C=O) groups is 2. The van der Waals surface area contributed by atoms with Gasteiger partial charge in [-0.2, -0.15) is 0 Å². The molecule has 0 aliphatic rings. The maximum Gasteiger partial charge on any atom is 0.516 e. The number of carbonyl (C=O) groups excluding carboxylic acids is 2. The zero-order valence-electron chi connectivity index (χ0n) is 12.3. The van der Waals surface area contributed by atoms with E-state index >= 15 is 0 Å². The second-order valence-electron chi connectivity index (χ2n) is 5.68. The average Bonchev–Trinajstić information content (AvgIpc) is 2.29. The second-order valence-corrected chi connectivity index (χ2v) is 5.68. The highest BCUT2D eigenvalue weighted by Gasteiger charge is 2.23. The van der Waals surface area contributed by atoms with Gasteiger partial charge in [-0.05, 0) is 39.7 Å². The predicted molar refractivity (Wildman–Crippen MR) is 75.2 cm³/mol. The minimum Gasteiger partial charge on any atom is -0.428 e. The Labute approximate surface area is 119 Å². The highest BCUT2D eigenvalue weighted by atomic mass is 16.7. The van der Waals surface area contributed by atoms with E-state index in [1.807, 2.05) is 31.2 Å². The van der Waals surface area contributed by atoms with Crippen molar-refractivity contribution in [3.63, 3.8) is 0 Å². The zero-order chi connectivity index (χ0) is 15.3. The molecule has 1 aromatic rings. The number of aryl methyl sites for hydroxylation is 1. The van der Waals surface area contributed by atoms with E-state index in [1.54, 1.807) is 20.8 Å². The lowest BCUT2D eigenvalue weighted by Crippen LogP contribution is -2.37. The van der Waals surface area contributed by atoms with Crippen LogP contribution in [0.5, 0.6) is 0 Å². The van der Waals surface area contributed by atoms with E-state index in [4.69, 9.17) is 10.5 Å². The van der Waals surface area contributed by atoms with E-state index in [0.717, 1.165) is 11.1 Å². The Morgan fingerprint density at radius 1 is 1.20 bits per heavy atom. The number of hydrogen-bond acceptors (Lipinski definition) is 5. The first-order valence-corrected chi connectivity index (χ1v) is 6.43. The molecule has 5 heteroatoms. The van der Waals surface area contributed by atoms with Crippen molar-refractivity contribution in [2.24, 2.45) is 5.73 Å². The quantitative estimate of drug-likeness (QED) is 0.678. The molecule has 0 bridgehead atoms. The van der Waals surface area contributed by atoms with Gasteiger partial charge < -0.3 is 15.2 Å². The third-order valence-electron chi connectivity index (χ3n) is 2.45. The molecule has 5 nitrogen and oxygen atoms in total. The fourth-order valence-electron chi connectivity index (χ4n) is 1.49. The largest absolute Gasteiger partial charge is 0.516 e. The van der Waals surface area contributed by atoms with Gasteiger partial charge in [0.15, 0.2) is 0 Å². The molecule has 0 aromatic heterocycles. The Morgan fingerprint density at radius 3 is 2.25 bits per heavy atom. The standard InChI is InChI=1S/C15H21NO4/c1-10-5-7-11(8-6-10)9-12(16)13(17)19-14(18)20-15(2,3)4/h5-8,12H,9,16H2,1-4H3/t12-/m0/s1. The van der Waals surface area contributed by atoms with Gasteiger partial charge in [0.1, 0.15) is 11.6 Å². The van der Waals surface area contributed by atoms with Crippen LogP contribution in [0.3, 0.4) is 0 Å². The molecule has 0 aliphatic heterocycles. The van der Waals surface area contributed by atoms with E-state index in [-0.39, 0.29) is 0 Å². The first-order valence-electron chi connectivity index (χ1n) is 6.43. The predicted octanol–water partition coefficient (Wildman–Crippen LogP) is 2.34. The van der Waals surface area contributed by atoms with Gasteiger partial charge in [0.05, 0.1) is 0 Å². The molecule has 1 rings (SSSR count). The highest BCUT2D eigenvalue weighted by molar-refractivity contribution is 5.85. The van der Waals surface area contributed by atoms with Crippen LogP contribution in [0.4, 0.5) is 4.79 Å². The van der Waals surface area contributed by atoms with Gasteiger partial charge in [-0.3, -0.25) is 0 Å². The number of esters is 1. The van der Waals surface area contributed by atoms with Crippen molar-refractivity contribution in [1.29, 1.82) is 0 Å².